The van der Waals surface area contributed by atoms with Gasteiger partial charge < -0.3 is 14.8 Å². The zero-order valence-corrected chi connectivity index (χ0v) is 16.9. The van der Waals surface area contributed by atoms with E-state index in [1.54, 1.807) is 0 Å². The van der Waals surface area contributed by atoms with Gasteiger partial charge in [0.05, 0.1) is 13.2 Å². The van der Waals surface area contributed by atoms with Gasteiger partial charge in [0, 0.05) is 6.42 Å². The molecule has 0 fully saturated rings. The first-order chi connectivity index (χ1) is 12.9. The molecule has 1 N–H and O–H groups in total. The van der Waals surface area contributed by atoms with E-state index in [0.717, 1.165) is 11.5 Å². The van der Waals surface area contributed by atoms with Crippen molar-refractivity contribution >= 4 is 5.91 Å². The summed E-state index contributed by atoms with van der Waals surface area (Å²) in [6, 6.07) is 16.0. The molecule has 0 heterocycles. The zero-order chi connectivity index (χ0) is 19.7. The van der Waals surface area contributed by atoms with E-state index in [0.29, 0.717) is 32.6 Å². The third-order valence-electron chi connectivity index (χ3n) is 4.21. The SMILES string of the molecule is Cc1ccc(OCCCC(=O)NCCOc2ccccc2C(C)(C)C)cc1. The van der Waals surface area contributed by atoms with Crippen molar-refractivity contribution in [2.45, 2.75) is 46.0 Å². The highest BCUT2D eigenvalue weighted by atomic mass is 16.5. The van der Waals surface area contributed by atoms with Crippen molar-refractivity contribution in [2.24, 2.45) is 0 Å². The van der Waals surface area contributed by atoms with E-state index >= 15 is 0 Å². The summed E-state index contributed by atoms with van der Waals surface area (Å²) in [6.07, 6.45) is 1.14. The van der Waals surface area contributed by atoms with Crippen LogP contribution < -0.4 is 14.8 Å². The average Bonchev–Trinajstić information content (AvgIpc) is 2.63. The molecule has 0 bridgehead atoms. The fraction of sp³-hybridized carbons (Fsp3) is 0.435. The van der Waals surface area contributed by atoms with E-state index in [-0.39, 0.29) is 11.3 Å². The van der Waals surface area contributed by atoms with E-state index in [4.69, 9.17) is 9.47 Å². The molecule has 0 saturated carbocycles. The number of hydrogen-bond donors (Lipinski definition) is 1. The number of nitrogens with one attached hydrogen (secondary N) is 1. The second-order valence-electron chi connectivity index (χ2n) is 7.71. The summed E-state index contributed by atoms with van der Waals surface area (Å²) in [4.78, 5) is 11.9. The highest BCUT2D eigenvalue weighted by Crippen LogP contribution is 2.30. The van der Waals surface area contributed by atoms with Gasteiger partial charge in [-0.2, -0.15) is 0 Å². The smallest absolute Gasteiger partial charge is 0.220 e. The van der Waals surface area contributed by atoms with Gasteiger partial charge in [0.15, 0.2) is 0 Å². The Morgan fingerprint density at radius 1 is 0.963 bits per heavy atom. The van der Waals surface area contributed by atoms with Crippen LogP contribution in [0.3, 0.4) is 0 Å². The highest BCUT2D eigenvalue weighted by Gasteiger charge is 2.18. The lowest BCUT2D eigenvalue weighted by atomic mass is 9.86. The lowest BCUT2D eigenvalue weighted by Crippen LogP contribution is -2.28. The number of carbonyl (C=O) groups is 1. The molecule has 0 unspecified atom stereocenters. The zero-order valence-electron chi connectivity index (χ0n) is 16.9. The standard InChI is InChI=1S/C23H31NO3/c1-18-11-13-19(14-12-18)26-16-7-10-22(25)24-15-17-27-21-9-6-5-8-20(21)23(2,3)4/h5-6,8-9,11-14H,7,10,15-17H2,1-4H3,(H,24,25). The van der Waals surface area contributed by atoms with Crippen molar-refractivity contribution in [2.75, 3.05) is 19.8 Å². The van der Waals surface area contributed by atoms with Gasteiger partial charge in [0.1, 0.15) is 18.1 Å². The Morgan fingerprint density at radius 2 is 1.67 bits per heavy atom. The predicted molar refractivity (Wildman–Crippen MR) is 110 cm³/mol. The average molecular weight is 370 g/mol. The monoisotopic (exact) mass is 369 g/mol. The Labute approximate surface area is 162 Å². The van der Waals surface area contributed by atoms with E-state index < -0.39 is 0 Å². The first kappa shape index (κ1) is 20.8. The first-order valence-electron chi connectivity index (χ1n) is 9.55. The third kappa shape index (κ3) is 7.33. The number of aryl methyl sites for hydroxylation is 1. The molecule has 0 aliphatic carbocycles. The molecule has 2 rings (SSSR count). The Hall–Kier alpha value is -2.49. The molecule has 4 heteroatoms. The van der Waals surface area contributed by atoms with Crippen LogP contribution in [0.2, 0.25) is 0 Å². The molecule has 0 aliphatic heterocycles. The molecule has 1 amide bonds. The number of rotatable bonds is 9. The number of para-hydroxylation sites is 1. The Kier molecular flexibility index (Phi) is 7.71. The lowest BCUT2D eigenvalue weighted by Gasteiger charge is -2.22. The summed E-state index contributed by atoms with van der Waals surface area (Å²) >= 11 is 0. The summed E-state index contributed by atoms with van der Waals surface area (Å²) in [5, 5.41) is 2.90. The van der Waals surface area contributed by atoms with E-state index in [1.165, 1.54) is 11.1 Å². The van der Waals surface area contributed by atoms with Crippen LogP contribution >= 0.6 is 0 Å². The molecule has 0 saturated heterocycles. The van der Waals surface area contributed by atoms with Crippen molar-refractivity contribution in [1.82, 2.24) is 5.32 Å². The van der Waals surface area contributed by atoms with Crippen molar-refractivity contribution < 1.29 is 14.3 Å². The summed E-state index contributed by atoms with van der Waals surface area (Å²) in [7, 11) is 0. The first-order valence-corrected chi connectivity index (χ1v) is 9.55. The van der Waals surface area contributed by atoms with Crippen molar-refractivity contribution in [3.8, 4) is 11.5 Å². The van der Waals surface area contributed by atoms with Crippen LogP contribution in [0.1, 0.15) is 44.7 Å². The van der Waals surface area contributed by atoms with Gasteiger partial charge in [0.25, 0.3) is 0 Å². The third-order valence-corrected chi connectivity index (χ3v) is 4.21. The Morgan fingerprint density at radius 3 is 2.37 bits per heavy atom. The maximum Gasteiger partial charge on any atom is 0.220 e. The van der Waals surface area contributed by atoms with Crippen LogP contribution in [0.15, 0.2) is 48.5 Å². The molecule has 27 heavy (non-hydrogen) atoms. The van der Waals surface area contributed by atoms with Crippen LogP contribution in [-0.2, 0) is 10.2 Å². The molecule has 2 aromatic rings. The molecule has 0 aromatic heterocycles. The van der Waals surface area contributed by atoms with Crippen LogP contribution in [0, 0.1) is 6.92 Å². The summed E-state index contributed by atoms with van der Waals surface area (Å²) in [5.41, 5.74) is 2.40. The molecule has 0 atom stereocenters. The minimum absolute atomic E-state index is 0.0233. The molecular formula is C23H31NO3. The van der Waals surface area contributed by atoms with Gasteiger partial charge >= 0.3 is 0 Å². The maximum atomic E-state index is 11.9. The van der Waals surface area contributed by atoms with Gasteiger partial charge in [-0.25, -0.2) is 0 Å². The van der Waals surface area contributed by atoms with Gasteiger partial charge in [0.2, 0.25) is 5.91 Å². The van der Waals surface area contributed by atoms with Gasteiger partial charge in [-0.1, -0.05) is 56.7 Å². The second-order valence-corrected chi connectivity index (χ2v) is 7.71. The lowest BCUT2D eigenvalue weighted by molar-refractivity contribution is -0.121. The number of benzene rings is 2. The molecule has 146 valence electrons. The maximum absolute atomic E-state index is 11.9. The normalized spacial score (nSPS) is 11.1. The van der Waals surface area contributed by atoms with Gasteiger partial charge in [-0.05, 0) is 42.5 Å². The number of carbonyl (C=O) groups excluding carboxylic acids is 1. The van der Waals surface area contributed by atoms with E-state index in [1.807, 2.05) is 49.4 Å². The van der Waals surface area contributed by atoms with Crippen molar-refractivity contribution in [3.05, 3.63) is 59.7 Å². The minimum atomic E-state index is 0.0233. The fourth-order valence-electron chi connectivity index (χ4n) is 2.71. The number of ether oxygens (including phenoxy) is 2. The minimum Gasteiger partial charge on any atom is -0.494 e. The summed E-state index contributed by atoms with van der Waals surface area (Å²) < 4.78 is 11.5. The molecule has 0 spiro atoms. The predicted octanol–water partition coefficient (Wildman–Crippen LogP) is 4.65. The van der Waals surface area contributed by atoms with Crippen LogP contribution in [-0.4, -0.2) is 25.7 Å². The van der Waals surface area contributed by atoms with Crippen LogP contribution in [0.4, 0.5) is 0 Å². The van der Waals surface area contributed by atoms with E-state index in [9.17, 15) is 4.79 Å². The Bertz CT molecular complexity index is 717. The molecule has 4 nitrogen and oxygen atoms in total. The van der Waals surface area contributed by atoms with E-state index in [2.05, 4.69) is 32.2 Å². The van der Waals surface area contributed by atoms with Crippen molar-refractivity contribution in [3.63, 3.8) is 0 Å². The van der Waals surface area contributed by atoms with Crippen LogP contribution in [0.5, 0.6) is 11.5 Å². The number of hydrogen-bond acceptors (Lipinski definition) is 3. The number of amides is 1. The molecular weight excluding hydrogens is 338 g/mol. The molecule has 0 radical (unpaired) electrons. The summed E-state index contributed by atoms with van der Waals surface area (Å²) in [5.74, 6) is 1.74. The second kappa shape index (κ2) is 10.0. The fourth-order valence-corrected chi connectivity index (χ4v) is 2.71. The van der Waals surface area contributed by atoms with Gasteiger partial charge in [-0.15, -0.1) is 0 Å². The molecule has 2 aromatic carbocycles. The Balaban J connectivity index is 1.62. The molecule has 0 aliphatic rings. The quantitative estimate of drug-likeness (QED) is 0.655. The van der Waals surface area contributed by atoms with Crippen molar-refractivity contribution in [1.29, 1.82) is 0 Å². The topological polar surface area (TPSA) is 47.6 Å². The van der Waals surface area contributed by atoms with Gasteiger partial charge in [-0.3, -0.25) is 4.79 Å². The summed E-state index contributed by atoms with van der Waals surface area (Å²) in [6.45, 7) is 10.0. The largest absolute Gasteiger partial charge is 0.494 e. The van der Waals surface area contributed by atoms with Crippen LogP contribution in [0.25, 0.3) is 0 Å². The highest BCUT2D eigenvalue weighted by molar-refractivity contribution is 5.75.